The zero-order chi connectivity index (χ0) is 18.7. The molecule has 2 atom stereocenters. The largest absolute Gasteiger partial charge is 0.481 e. The molecule has 2 unspecified atom stereocenters. The number of rotatable bonds is 6. The number of benzene rings is 1. The van der Waals surface area contributed by atoms with Gasteiger partial charge in [-0.3, -0.25) is 9.78 Å². The quantitative estimate of drug-likeness (QED) is 0.864. The predicted octanol–water partition coefficient (Wildman–Crippen LogP) is 2.79. The van der Waals surface area contributed by atoms with Crippen molar-refractivity contribution in [2.45, 2.75) is 38.3 Å². The zero-order valence-corrected chi connectivity index (χ0v) is 14.8. The predicted molar refractivity (Wildman–Crippen MR) is 95.6 cm³/mol. The van der Waals surface area contributed by atoms with Crippen LogP contribution in [0, 0.1) is 5.82 Å². The van der Waals surface area contributed by atoms with Crippen LogP contribution >= 0.6 is 0 Å². The van der Waals surface area contributed by atoms with Crippen molar-refractivity contribution < 1.29 is 19.0 Å². The van der Waals surface area contributed by atoms with E-state index >= 15 is 0 Å². The van der Waals surface area contributed by atoms with E-state index in [1.165, 1.54) is 12.1 Å². The van der Waals surface area contributed by atoms with E-state index in [4.69, 9.17) is 4.74 Å². The van der Waals surface area contributed by atoms with Gasteiger partial charge in [-0.25, -0.2) is 9.38 Å². The molecule has 0 amide bonds. The van der Waals surface area contributed by atoms with Crippen LogP contribution in [0.3, 0.4) is 0 Å². The number of ether oxygens (including phenoxy) is 1. The van der Waals surface area contributed by atoms with Gasteiger partial charge in [-0.15, -0.1) is 0 Å². The molecule has 1 aliphatic heterocycles. The molecule has 3 rings (SSSR count). The Bertz CT molecular complexity index is 831. The fourth-order valence-electron chi connectivity index (χ4n) is 3.18. The minimum atomic E-state index is -0.713. The van der Waals surface area contributed by atoms with Crippen molar-refractivity contribution in [3.8, 4) is 0 Å². The summed E-state index contributed by atoms with van der Waals surface area (Å²) in [7, 11) is 1.57. The van der Waals surface area contributed by atoms with Gasteiger partial charge in [-0.05, 0) is 36.2 Å². The van der Waals surface area contributed by atoms with E-state index in [1.54, 1.807) is 32.4 Å². The normalized spacial score (nSPS) is 15.2. The van der Waals surface area contributed by atoms with Crippen LogP contribution in [0.25, 0.3) is 0 Å². The molecule has 0 aliphatic carbocycles. The molecule has 0 fully saturated rings. The van der Waals surface area contributed by atoms with Crippen LogP contribution in [0.4, 0.5) is 4.39 Å². The van der Waals surface area contributed by atoms with Gasteiger partial charge in [0.2, 0.25) is 5.90 Å². The van der Waals surface area contributed by atoms with Gasteiger partial charge in [-0.2, -0.15) is 0 Å². The number of aromatic nitrogens is 1. The highest BCUT2D eigenvalue weighted by Crippen LogP contribution is 2.25. The lowest BCUT2D eigenvalue weighted by molar-refractivity contribution is -0.119. The van der Waals surface area contributed by atoms with E-state index in [9.17, 15) is 14.3 Å². The SMILES string of the molecule is COC1=NCc2cc(CC(=O)CC(c3ccc(F)cc3)C(C)O)ncc21. The summed E-state index contributed by atoms with van der Waals surface area (Å²) in [5, 5.41) is 10.0. The van der Waals surface area contributed by atoms with Crippen molar-refractivity contribution in [3.63, 3.8) is 0 Å². The van der Waals surface area contributed by atoms with Gasteiger partial charge in [0, 0.05) is 30.7 Å². The Kier molecular flexibility index (Phi) is 5.42. The molecule has 5 nitrogen and oxygen atoms in total. The molecule has 0 radical (unpaired) electrons. The van der Waals surface area contributed by atoms with Gasteiger partial charge in [0.1, 0.15) is 11.6 Å². The number of Topliss-reactive ketones (excluding diaryl/α,β-unsaturated/α-hetero) is 1. The first-order valence-electron chi connectivity index (χ1n) is 8.49. The maximum atomic E-state index is 13.1. The summed E-state index contributed by atoms with van der Waals surface area (Å²) in [4.78, 5) is 21.1. The first kappa shape index (κ1) is 18.2. The number of halogens is 1. The second kappa shape index (κ2) is 7.74. The molecule has 1 aromatic heterocycles. The number of methoxy groups -OCH3 is 1. The maximum absolute atomic E-state index is 13.1. The fraction of sp³-hybridized carbons (Fsp3) is 0.350. The molecule has 0 bridgehead atoms. The molecule has 0 saturated carbocycles. The van der Waals surface area contributed by atoms with E-state index in [-0.39, 0.29) is 30.4 Å². The third-order valence-corrected chi connectivity index (χ3v) is 4.57. The van der Waals surface area contributed by atoms with Crippen LogP contribution in [0.2, 0.25) is 0 Å². The summed E-state index contributed by atoms with van der Waals surface area (Å²) in [5.74, 6) is -0.181. The van der Waals surface area contributed by atoms with Crippen molar-refractivity contribution >= 4 is 11.7 Å². The van der Waals surface area contributed by atoms with Crippen LogP contribution in [0.1, 0.15) is 41.6 Å². The van der Waals surface area contributed by atoms with Crippen molar-refractivity contribution in [1.82, 2.24) is 4.98 Å². The van der Waals surface area contributed by atoms with Gasteiger partial charge in [0.05, 0.1) is 25.3 Å². The van der Waals surface area contributed by atoms with E-state index in [2.05, 4.69) is 9.98 Å². The first-order valence-corrected chi connectivity index (χ1v) is 8.49. The molecule has 0 spiro atoms. The average Bonchev–Trinajstić information content (AvgIpc) is 3.02. The Labute approximate surface area is 151 Å². The summed E-state index contributed by atoms with van der Waals surface area (Å²) in [6.45, 7) is 2.16. The third-order valence-electron chi connectivity index (χ3n) is 4.57. The number of pyridine rings is 1. The molecular formula is C20H21FN2O3. The van der Waals surface area contributed by atoms with Gasteiger partial charge >= 0.3 is 0 Å². The molecule has 2 heterocycles. The zero-order valence-electron chi connectivity index (χ0n) is 14.8. The Morgan fingerprint density at radius 3 is 2.73 bits per heavy atom. The average molecular weight is 356 g/mol. The van der Waals surface area contributed by atoms with Crippen LogP contribution in [0.5, 0.6) is 0 Å². The van der Waals surface area contributed by atoms with Crippen LogP contribution in [-0.2, 0) is 22.5 Å². The Hall–Kier alpha value is -2.60. The minimum Gasteiger partial charge on any atom is -0.481 e. The highest BCUT2D eigenvalue weighted by molar-refractivity contribution is 5.97. The summed E-state index contributed by atoms with van der Waals surface area (Å²) in [6.07, 6.45) is 1.32. The molecule has 136 valence electrons. The van der Waals surface area contributed by atoms with E-state index < -0.39 is 6.10 Å². The summed E-state index contributed by atoms with van der Waals surface area (Å²) >= 11 is 0. The highest BCUT2D eigenvalue weighted by atomic mass is 19.1. The number of fused-ring (bicyclic) bond motifs is 1. The highest BCUT2D eigenvalue weighted by Gasteiger charge is 2.23. The molecular weight excluding hydrogens is 335 g/mol. The summed E-state index contributed by atoms with van der Waals surface area (Å²) in [5.41, 5.74) is 3.27. The molecule has 2 aromatic rings. The Balaban J connectivity index is 1.69. The van der Waals surface area contributed by atoms with Gasteiger partial charge in [0.25, 0.3) is 0 Å². The second-order valence-electron chi connectivity index (χ2n) is 6.48. The van der Waals surface area contributed by atoms with Gasteiger partial charge < -0.3 is 9.84 Å². The van der Waals surface area contributed by atoms with Crippen LogP contribution in [0.15, 0.2) is 41.5 Å². The fourth-order valence-corrected chi connectivity index (χ4v) is 3.18. The molecule has 1 aromatic carbocycles. The molecule has 26 heavy (non-hydrogen) atoms. The lowest BCUT2D eigenvalue weighted by Gasteiger charge is -2.19. The summed E-state index contributed by atoms with van der Waals surface area (Å²) in [6, 6.07) is 7.77. The number of hydrogen-bond donors (Lipinski definition) is 1. The van der Waals surface area contributed by atoms with E-state index in [0.717, 1.165) is 16.7 Å². The molecule has 0 saturated heterocycles. The van der Waals surface area contributed by atoms with E-state index in [1.807, 2.05) is 6.07 Å². The smallest absolute Gasteiger partial charge is 0.218 e. The molecule has 6 heteroatoms. The molecule has 1 N–H and O–H groups in total. The van der Waals surface area contributed by atoms with E-state index in [0.29, 0.717) is 18.1 Å². The van der Waals surface area contributed by atoms with Gasteiger partial charge in [-0.1, -0.05) is 12.1 Å². The first-order chi connectivity index (χ1) is 12.5. The van der Waals surface area contributed by atoms with Crippen LogP contribution < -0.4 is 0 Å². The number of nitrogens with zero attached hydrogens (tertiary/aromatic N) is 2. The van der Waals surface area contributed by atoms with Crippen LogP contribution in [-0.4, -0.2) is 35.0 Å². The van der Waals surface area contributed by atoms with Crippen molar-refractivity contribution in [1.29, 1.82) is 0 Å². The number of hydrogen-bond acceptors (Lipinski definition) is 5. The maximum Gasteiger partial charge on any atom is 0.218 e. The summed E-state index contributed by atoms with van der Waals surface area (Å²) < 4.78 is 18.3. The topological polar surface area (TPSA) is 71.8 Å². The molecule has 1 aliphatic rings. The lowest BCUT2D eigenvalue weighted by atomic mass is 9.88. The third kappa shape index (κ3) is 3.96. The second-order valence-corrected chi connectivity index (χ2v) is 6.48. The number of carbonyl (C=O) groups excluding carboxylic acids is 1. The number of aliphatic imine (C=N–C) groups is 1. The Morgan fingerprint density at radius 1 is 1.35 bits per heavy atom. The monoisotopic (exact) mass is 356 g/mol. The Morgan fingerprint density at radius 2 is 2.08 bits per heavy atom. The van der Waals surface area contributed by atoms with Gasteiger partial charge in [0.15, 0.2) is 0 Å². The minimum absolute atomic E-state index is 0.0291. The van der Waals surface area contributed by atoms with Crippen molar-refractivity contribution in [3.05, 3.63) is 64.7 Å². The number of aliphatic hydroxyl groups excluding tert-OH is 1. The van der Waals surface area contributed by atoms with Crippen molar-refractivity contribution in [2.24, 2.45) is 4.99 Å². The number of ketones is 1. The standard InChI is InChI=1S/C20H21FN2O3/c1-12(24)18(13-3-5-15(21)6-4-13)9-17(25)8-16-7-14-10-23-20(26-2)19(14)11-22-16/h3-7,11-12,18,24H,8-10H2,1-2H3. The number of aliphatic hydroxyl groups is 1. The van der Waals surface area contributed by atoms with Crippen molar-refractivity contribution in [2.75, 3.05) is 7.11 Å². The lowest BCUT2D eigenvalue weighted by Crippen LogP contribution is -2.20. The number of carbonyl (C=O) groups is 1.